The van der Waals surface area contributed by atoms with Crippen molar-refractivity contribution in [1.82, 2.24) is 5.32 Å². The van der Waals surface area contributed by atoms with Gasteiger partial charge < -0.3 is 10.4 Å². The Balaban J connectivity index is 2.13. The Hall–Kier alpha value is -1.89. The summed E-state index contributed by atoms with van der Waals surface area (Å²) in [5, 5.41) is 10.4. The summed E-state index contributed by atoms with van der Waals surface area (Å²) >= 11 is 0. The molecule has 1 aliphatic carbocycles. The summed E-state index contributed by atoms with van der Waals surface area (Å²) in [5.74, 6) is -2.95. The molecule has 1 fully saturated rings. The predicted molar refractivity (Wildman–Crippen MR) is 104 cm³/mol. The molecule has 27 heavy (non-hydrogen) atoms. The van der Waals surface area contributed by atoms with Crippen LogP contribution in [0.4, 0.5) is 0 Å². The number of amides is 1. The van der Waals surface area contributed by atoms with Crippen molar-refractivity contribution in [3.63, 3.8) is 0 Å². The number of aliphatic carboxylic acids is 1. The fourth-order valence-electron chi connectivity index (χ4n) is 3.77. The fourth-order valence-corrected chi connectivity index (χ4v) is 6.31. The van der Waals surface area contributed by atoms with Crippen LogP contribution >= 0.6 is 0 Å². The third-order valence-electron chi connectivity index (χ3n) is 5.22. The molecule has 2 N–H and O–H groups in total. The molecule has 0 bridgehead atoms. The molecule has 6 nitrogen and oxygen atoms in total. The van der Waals surface area contributed by atoms with E-state index in [2.05, 4.69) is 5.32 Å². The van der Waals surface area contributed by atoms with E-state index in [1.54, 1.807) is 44.2 Å². The maximum atomic E-state index is 13.0. The van der Waals surface area contributed by atoms with Gasteiger partial charge in [-0.25, -0.2) is 8.42 Å². The molecule has 0 heterocycles. The summed E-state index contributed by atoms with van der Waals surface area (Å²) in [6, 6.07) is 8.62. The predicted octanol–water partition coefficient (Wildman–Crippen LogP) is 2.74. The summed E-state index contributed by atoms with van der Waals surface area (Å²) in [6.07, 6.45) is 3.96. The lowest BCUT2D eigenvalue weighted by molar-refractivity contribution is -0.138. The Morgan fingerprint density at radius 1 is 1.11 bits per heavy atom. The van der Waals surface area contributed by atoms with Crippen molar-refractivity contribution in [2.45, 2.75) is 62.4 Å². The van der Waals surface area contributed by atoms with E-state index in [1.807, 2.05) is 0 Å². The van der Waals surface area contributed by atoms with Crippen LogP contribution < -0.4 is 5.32 Å². The summed E-state index contributed by atoms with van der Waals surface area (Å²) in [4.78, 5) is 24.3. The number of rotatable bonds is 8. The Kier molecular flexibility index (Phi) is 7.41. The number of carbonyl (C=O) groups is 2. The molecule has 0 spiro atoms. The number of carboxylic acids is 1. The minimum atomic E-state index is -3.61. The summed E-state index contributed by atoms with van der Waals surface area (Å²) in [7, 11) is -3.61. The van der Waals surface area contributed by atoms with Gasteiger partial charge in [0.05, 0.1) is 11.2 Å². The molecule has 0 aromatic heterocycles. The zero-order valence-corrected chi connectivity index (χ0v) is 16.7. The molecule has 0 aliphatic heterocycles. The van der Waals surface area contributed by atoms with Crippen molar-refractivity contribution in [3.05, 3.63) is 35.9 Å². The molecule has 2 unspecified atom stereocenters. The molecular weight excluding hydrogens is 366 g/mol. The molecule has 1 amide bonds. The molecule has 7 heteroatoms. The van der Waals surface area contributed by atoms with Gasteiger partial charge in [0.2, 0.25) is 5.91 Å². The van der Waals surface area contributed by atoms with Crippen LogP contribution in [0.15, 0.2) is 30.3 Å². The highest BCUT2D eigenvalue weighted by Crippen LogP contribution is 2.29. The molecule has 0 saturated heterocycles. The first-order valence-corrected chi connectivity index (χ1v) is 11.1. The van der Waals surface area contributed by atoms with Gasteiger partial charge >= 0.3 is 5.97 Å². The summed E-state index contributed by atoms with van der Waals surface area (Å²) in [6.45, 7) is 3.30. The van der Waals surface area contributed by atoms with Crippen LogP contribution in [-0.4, -0.2) is 42.4 Å². The van der Waals surface area contributed by atoms with E-state index >= 15 is 0 Å². The average molecular weight is 396 g/mol. The zero-order valence-electron chi connectivity index (χ0n) is 15.9. The topological polar surface area (TPSA) is 101 Å². The number of carbonyl (C=O) groups excluding carboxylic acids is 1. The Labute approximate surface area is 161 Å². The number of hydrogen-bond acceptors (Lipinski definition) is 4. The summed E-state index contributed by atoms with van der Waals surface area (Å²) in [5.41, 5.74) is 0.571. The second-order valence-corrected chi connectivity index (χ2v) is 9.91. The number of nitrogens with one attached hydrogen (secondary N) is 1. The maximum absolute atomic E-state index is 13.0. The third kappa shape index (κ3) is 5.31. The molecule has 1 aliphatic rings. The lowest BCUT2D eigenvalue weighted by Gasteiger charge is -2.28. The lowest BCUT2D eigenvalue weighted by Crippen LogP contribution is -2.48. The average Bonchev–Trinajstić information content (AvgIpc) is 2.62. The van der Waals surface area contributed by atoms with E-state index in [0.29, 0.717) is 18.4 Å². The van der Waals surface area contributed by atoms with Gasteiger partial charge in [-0.1, -0.05) is 63.4 Å². The van der Waals surface area contributed by atoms with E-state index in [1.165, 1.54) is 0 Å². The van der Waals surface area contributed by atoms with E-state index in [4.69, 9.17) is 0 Å². The van der Waals surface area contributed by atoms with E-state index < -0.39 is 38.1 Å². The van der Waals surface area contributed by atoms with Crippen LogP contribution in [0.2, 0.25) is 0 Å². The molecule has 150 valence electrons. The first kappa shape index (κ1) is 21.4. The standard InChI is InChI=1S/C20H29NO5S/c1-14(2)18(27(25,26)16-11-7-4-8-12-16)19(22)21-13-17(20(23)24)15-9-5-3-6-10-15/h3,5-6,9-10,14,16-18H,4,7-8,11-13H2,1-2H3,(H,21,22)(H,23,24). The normalized spacial score (nSPS) is 18.0. The molecule has 1 aromatic rings. The Bertz CT molecular complexity index is 739. The first-order valence-electron chi connectivity index (χ1n) is 9.53. The van der Waals surface area contributed by atoms with Gasteiger partial charge in [-0.15, -0.1) is 0 Å². The first-order chi connectivity index (χ1) is 12.7. The van der Waals surface area contributed by atoms with Gasteiger partial charge in [-0.2, -0.15) is 0 Å². The number of hydrogen-bond donors (Lipinski definition) is 2. The molecule has 2 atom stereocenters. The van der Waals surface area contributed by atoms with Gasteiger partial charge in [0.15, 0.2) is 9.84 Å². The van der Waals surface area contributed by atoms with Gasteiger partial charge in [-0.3, -0.25) is 9.59 Å². The third-order valence-corrected chi connectivity index (χ3v) is 8.08. The second-order valence-electron chi connectivity index (χ2n) is 7.56. The van der Waals surface area contributed by atoms with E-state index in [0.717, 1.165) is 19.3 Å². The van der Waals surface area contributed by atoms with Gasteiger partial charge in [0.1, 0.15) is 5.25 Å². The van der Waals surface area contributed by atoms with Crippen molar-refractivity contribution >= 4 is 21.7 Å². The Morgan fingerprint density at radius 2 is 1.70 bits per heavy atom. The smallest absolute Gasteiger partial charge is 0.312 e. The van der Waals surface area contributed by atoms with Crippen LogP contribution in [0.5, 0.6) is 0 Å². The van der Waals surface area contributed by atoms with E-state index in [9.17, 15) is 23.1 Å². The van der Waals surface area contributed by atoms with Crippen LogP contribution in [0.1, 0.15) is 57.4 Å². The molecule has 0 radical (unpaired) electrons. The number of benzene rings is 1. The van der Waals surface area contributed by atoms with Crippen LogP contribution in [-0.2, 0) is 19.4 Å². The SMILES string of the molecule is CC(C)C(C(=O)NCC(C(=O)O)c1ccccc1)S(=O)(=O)C1CCCCC1. The number of sulfone groups is 1. The molecule has 1 saturated carbocycles. The van der Waals surface area contributed by atoms with Crippen molar-refractivity contribution in [2.75, 3.05) is 6.54 Å². The molecule has 2 rings (SSSR count). The van der Waals surface area contributed by atoms with E-state index in [-0.39, 0.29) is 12.5 Å². The highest BCUT2D eigenvalue weighted by Gasteiger charge is 2.41. The van der Waals surface area contributed by atoms with Crippen molar-refractivity contribution in [2.24, 2.45) is 5.92 Å². The van der Waals surface area contributed by atoms with Crippen LogP contribution in [0.3, 0.4) is 0 Å². The highest BCUT2D eigenvalue weighted by atomic mass is 32.2. The maximum Gasteiger partial charge on any atom is 0.312 e. The van der Waals surface area contributed by atoms with Crippen LogP contribution in [0.25, 0.3) is 0 Å². The highest BCUT2D eigenvalue weighted by molar-refractivity contribution is 7.93. The molecular formula is C20H29NO5S. The minimum absolute atomic E-state index is 0.137. The Morgan fingerprint density at radius 3 is 2.22 bits per heavy atom. The molecule has 1 aromatic carbocycles. The summed E-state index contributed by atoms with van der Waals surface area (Å²) < 4.78 is 26.1. The quantitative estimate of drug-likeness (QED) is 0.705. The van der Waals surface area contributed by atoms with Gasteiger partial charge in [0.25, 0.3) is 0 Å². The van der Waals surface area contributed by atoms with Gasteiger partial charge in [-0.05, 0) is 24.3 Å². The van der Waals surface area contributed by atoms with Crippen molar-refractivity contribution in [3.8, 4) is 0 Å². The van der Waals surface area contributed by atoms with Crippen molar-refractivity contribution in [1.29, 1.82) is 0 Å². The lowest BCUT2D eigenvalue weighted by atomic mass is 9.99. The fraction of sp³-hybridized carbons (Fsp3) is 0.600. The monoisotopic (exact) mass is 395 g/mol. The largest absolute Gasteiger partial charge is 0.481 e. The van der Waals surface area contributed by atoms with Crippen molar-refractivity contribution < 1.29 is 23.1 Å². The second kappa shape index (κ2) is 9.35. The van der Waals surface area contributed by atoms with Gasteiger partial charge in [0, 0.05) is 6.54 Å². The minimum Gasteiger partial charge on any atom is -0.481 e. The van der Waals surface area contributed by atoms with Crippen LogP contribution in [0, 0.1) is 5.92 Å². The number of carboxylic acid groups (broad SMARTS) is 1. The zero-order chi connectivity index (χ0) is 20.0.